The number of aliphatic carboxylic acids is 1. The zero-order valence-corrected chi connectivity index (χ0v) is 24.7. The molecule has 3 aromatic carbocycles. The number of aliphatic hydroxyl groups is 2. The molecule has 0 fully saturated rings. The SMILES string of the molecule is CC(C)n1c(CC[C@@H](O)C[C@@H](O)CC(=O)O)c(-c2ccc(F)cc2)c(-c2ccc(F)cc2)c1C(=O)Nc1cccc(C(=O)O)c1. The molecule has 0 bridgehead atoms. The van der Waals surface area contributed by atoms with Crippen LogP contribution in [0.4, 0.5) is 14.5 Å². The summed E-state index contributed by atoms with van der Waals surface area (Å²) in [7, 11) is 0. The lowest BCUT2D eigenvalue weighted by molar-refractivity contribution is -0.139. The van der Waals surface area contributed by atoms with Gasteiger partial charge in [0.25, 0.3) is 5.91 Å². The van der Waals surface area contributed by atoms with Gasteiger partial charge in [-0.1, -0.05) is 30.3 Å². The fourth-order valence-corrected chi connectivity index (χ4v) is 5.44. The summed E-state index contributed by atoms with van der Waals surface area (Å²) in [5, 5.41) is 42.0. The van der Waals surface area contributed by atoms with Gasteiger partial charge < -0.3 is 30.3 Å². The Balaban J connectivity index is 1.92. The van der Waals surface area contributed by atoms with E-state index in [9.17, 15) is 38.5 Å². The third-order valence-corrected chi connectivity index (χ3v) is 7.34. The summed E-state index contributed by atoms with van der Waals surface area (Å²) in [5.41, 5.74) is 2.95. The number of carbonyl (C=O) groups excluding carboxylic acids is 1. The van der Waals surface area contributed by atoms with Gasteiger partial charge in [-0.15, -0.1) is 0 Å². The molecule has 1 amide bonds. The molecule has 0 saturated carbocycles. The van der Waals surface area contributed by atoms with Crippen LogP contribution in [0.25, 0.3) is 22.3 Å². The molecule has 0 aliphatic carbocycles. The first-order chi connectivity index (χ1) is 21.3. The summed E-state index contributed by atoms with van der Waals surface area (Å²) < 4.78 is 29.9. The molecule has 1 heterocycles. The average Bonchev–Trinajstić information content (AvgIpc) is 3.32. The topological polar surface area (TPSA) is 149 Å². The maximum Gasteiger partial charge on any atom is 0.335 e. The second-order valence-electron chi connectivity index (χ2n) is 11.0. The van der Waals surface area contributed by atoms with Crippen molar-refractivity contribution >= 4 is 23.5 Å². The fourth-order valence-electron chi connectivity index (χ4n) is 5.44. The maximum absolute atomic E-state index is 14.2. The molecule has 4 rings (SSSR count). The number of carboxylic acids is 2. The van der Waals surface area contributed by atoms with Gasteiger partial charge in [-0.2, -0.15) is 0 Å². The summed E-state index contributed by atoms with van der Waals surface area (Å²) in [5.74, 6) is -3.93. The number of hydrogen-bond donors (Lipinski definition) is 5. The van der Waals surface area contributed by atoms with Crippen molar-refractivity contribution in [2.75, 3.05) is 5.32 Å². The van der Waals surface area contributed by atoms with Crippen LogP contribution in [0.5, 0.6) is 0 Å². The monoisotopic (exact) mass is 620 g/mol. The number of amides is 1. The van der Waals surface area contributed by atoms with E-state index in [-0.39, 0.29) is 42.2 Å². The van der Waals surface area contributed by atoms with Gasteiger partial charge in [-0.05, 0) is 86.7 Å². The van der Waals surface area contributed by atoms with Crippen molar-refractivity contribution in [1.29, 1.82) is 0 Å². The Hall–Kier alpha value is -4.87. The van der Waals surface area contributed by atoms with Gasteiger partial charge in [-0.25, -0.2) is 13.6 Å². The number of carboxylic acid groups (broad SMARTS) is 2. The molecule has 0 saturated heterocycles. The summed E-state index contributed by atoms with van der Waals surface area (Å²) >= 11 is 0. The molecule has 2 atom stereocenters. The highest BCUT2D eigenvalue weighted by Crippen LogP contribution is 2.43. The molecule has 11 heteroatoms. The number of aromatic nitrogens is 1. The predicted molar refractivity (Wildman–Crippen MR) is 164 cm³/mol. The van der Waals surface area contributed by atoms with Crippen LogP contribution in [-0.4, -0.2) is 55.0 Å². The summed E-state index contributed by atoms with van der Waals surface area (Å²) in [6, 6.07) is 16.6. The first-order valence-electron chi connectivity index (χ1n) is 14.4. The van der Waals surface area contributed by atoms with Gasteiger partial charge in [0.05, 0.1) is 24.2 Å². The van der Waals surface area contributed by atoms with Gasteiger partial charge in [0, 0.05) is 28.6 Å². The minimum absolute atomic E-state index is 0.0300. The van der Waals surface area contributed by atoms with Crippen LogP contribution in [0.1, 0.15) is 65.7 Å². The van der Waals surface area contributed by atoms with E-state index in [0.717, 1.165) is 0 Å². The summed E-state index contributed by atoms with van der Waals surface area (Å²) in [6.07, 6.45) is -2.79. The second kappa shape index (κ2) is 14.3. The standard InChI is InChI=1S/C34H34F2N2O7/c1-19(2)38-28(15-14-26(39)17-27(40)18-29(41)42)30(20-6-10-23(35)11-7-20)31(21-8-12-24(36)13-9-21)32(38)33(43)37-25-5-3-4-22(16-25)34(44)45/h3-13,16,19,26-27,39-40H,14-15,17-18H2,1-2H3,(H,37,43)(H,41,42)(H,44,45)/t26-,27-/m1/s1. The first-order valence-corrected chi connectivity index (χ1v) is 14.4. The largest absolute Gasteiger partial charge is 0.481 e. The molecule has 0 unspecified atom stereocenters. The van der Waals surface area contributed by atoms with Gasteiger partial charge in [0.2, 0.25) is 0 Å². The van der Waals surface area contributed by atoms with Crippen LogP contribution in [0.15, 0.2) is 72.8 Å². The second-order valence-corrected chi connectivity index (χ2v) is 11.0. The Morgan fingerprint density at radius 2 is 1.40 bits per heavy atom. The minimum Gasteiger partial charge on any atom is -0.481 e. The molecule has 5 N–H and O–H groups in total. The molecule has 4 aromatic rings. The molecule has 1 aromatic heterocycles. The van der Waals surface area contributed by atoms with Crippen LogP contribution < -0.4 is 5.32 Å². The molecule has 0 aliphatic heterocycles. The van der Waals surface area contributed by atoms with Crippen LogP contribution in [0.3, 0.4) is 0 Å². The van der Waals surface area contributed by atoms with Crippen molar-refractivity contribution in [3.63, 3.8) is 0 Å². The Bertz CT molecular complexity index is 1680. The number of nitrogens with zero attached hydrogens (tertiary/aromatic N) is 1. The van der Waals surface area contributed by atoms with E-state index < -0.39 is 48.1 Å². The van der Waals surface area contributed by atoms with E-state index in [1.165, 1.54) is 54.6 Å². The molecular formula is C34H34F2N2O7. The van der Waals surface area contributed by atoms with Crippen molar-refractivity contribution in [2.45, 2.75) is 57.8 Å². The van der Waals surface area contributed by atoms with Gasteiger partial charge in [-0.3, -0.25) is 9.59 Å². The molecule has 45 heavy (non-hydrogen) atoms. The number of aliphatic hydroxyl groups excluding tert-OH is 2. The zero-order valence-electron chi connectivity index (χ0n) is 24.7. The average molecular weight is 621 g/mol. The predicted octanol–water partition coefficient (Wildman–Crippen LogP) is 6.15. The Labute approximate surface area is 258 Å². The maximum atomic E-state index is 14.2. The highest BCUT2D eigenvalue weighted by atomic mass is 19.1. The normalized spacial score (nSPS) is 12.6. The zero-order chi connectivity index (χ0) is 32.8. The van der Waals surface area contributed by atoms with Crippen molar-refractivity contribution in [2.24, 2.45) is 0 Å². The van der Waals surface area contributed by atoms with E-state index in [1.54, 1.807) is 22.8 Å². The van der Waals surface area contributed by atoms with E-state index >= 15 is 0 Å². The highest BCUT2D eigenvalue weighted by molar-refractivity contribution is 6.11. The summed E-state index contributed by atoms with van der Waals surface area (Å²) in [4.78, 5) is 36.7. The van der Waals surface area contributed by atoms with E-state index in [4.69, 9.17) is 5.11 Å². The number of aromatic carboxylic acids is 1. The lowest BCUT2D eigenvalue weighted by atomic mass is 9.92. The van der Waals surface area contributed by atoms with Gasteiger partial charge in [0.1, 0.15) is 17.3 Å². The fraction of sp³-hybridized carbons (Fsp3) is 0.265. The van der Waals surface area contributed by atoms with Crippen molar-refractivity contribution in [1.82, 2.24) is 4.57 Å². The number of rotatable bonds is 13. The van der Waals surface area contributed by atoms with Crippen molar-refractivity contribution < 1.29 is 43.6 Å². The van der Waals surface area contributed by atoms with Crippen molar-refractivity contribution in [3.8, 4) is 22.3 Å². The third kappa shape index (κ3) is 8.00. The number of carbonyl (C=O) groups is 3. The first kappa shape index (κ1) is 33.0. The van der Waals surface area contributed by atoms with E-state index in [0.29, 0.717) is 27.9 Å². The minimum atomic E-state index is -1.26. The van der Waals surface area contributed by atoms with Crippen LogP contribution in [0.2, 0.25) is 0 Å². The lowest BCUT2D eigenvalue weighted by Gasteiger charge is -2.20. The van der Waals surface area contributed by atoms with Crippen LogP contribution in [-0.2, 0) is 11.2 Å². The Kier molecular flexibility index (Phi) is 10.5. The Morgan fingerprint density at radius 3 is 1.93 bits per heavy atom. The number of halogens is 2. The smallest absolute Gasteiger partial charge is 0.335 e. The van der Waals surface area contributed by atoms with E-state index in [1.807, 2.05) is 13.8 Å². The van der Waals surface area contributed by atoms with E-state index in [2.05, 4.69) is 5.32 Å². The Morgan fingerprint density at radius 1 is 0.822 bits per heavy atom. The number of hydrogen-bond acceptors (Lipinski definition) is 5. The molecular weight excluding hydrogens is 586 g/mol. The third-order valence-electron chi connectivity index (χ3n) is 7.34. The van der Waals surface area contributed by atoms with Crippen molar-refractivity contribution in [3.05, 3.63) is 101 Å². The molecule has 9 nitrogen and oxygen atoms in total. The molecule has 236 valence electrons. The van der Waals surface area contributed by atoms with Crippen LogP contribution >= 0.6 is 0 Å². The number of benzene rings is 3. The molecule has 0 radical (unpaired) electrons. The molecule has 0 aliphatic rings. The summed E-state index contributed by atoms with van der Waals surface area (Å²) in [6.45, 7) is 3.70. The van der Waals surface area contributed by atoms with Crippen LogP contribution in [0, 0.1) is 11.6 Å². The lowest BCUT2D eigenvalue weighted by Crippen LogP contribution is -2.23. The quantitative estimate of drug-likeness (QED) is 0.120. The van der Waals surface area contributed by atoms with Gasteiger partial charge >= 0.3 is 11.9 Å². The molecule has 0 spiro atoms. The highest BCUT2D eigenvalue weighted by Gasteiger charge is 2.31. The number of nitrogens with one attached hydrogen (secondary N) is 1. The van der Waals surface area contributed by atoms with Gasteiger partial charge in [0.15, 0.2) is 0 Å². The number of anilines is 1.